The third-order valence-electron chi connectivity index (χ3n) is 8.31. The molecule has 0 spiro atoms. The molecule has 1 aromatic heterocycles. The van der Waals surface area contributed by atoms with Gasteiger partial charge in [0.2, 0.25) is 5.91 Å². The number of ether oxygens (including phenoxy) is 1. The minimum Gasteiger partial charge on any atom is -0.465 e. The van der Waals surface area contributed by atoms with Gasteiger partial charge in [0.05, 0.1) is 24.6 Å². The molecule has 1 fully saturated rings. The molecule has 0 bridgehead atoms. The second-order valence-corrected chi connectivity index (χ2v) is 11.4. The summed E-state index contributed by atoms with van der Waals surface area (Å²) in [4.78, 5) is 38.9. The summed E-state index contributed by atoms with van der Waals surface area (Å²) in [6.07, 6.45) is 2.63. The Morgan fingerprint density at radius 2 is 1.86 bits per heavy atom. The molecular weight excluding hydrogens is 524 g/mol. The van der Waals surface area contributed by atoms with Crippen LogP contribution in [0.5, 0.6) is 0 Å². The summed E-state index contributed by atoms with van der Waals surface area (Å²) < 4.78 is 6.26. The number of amides is 1. The number of nitrogens with zero attached hydrogens (tertiary/aromatic N) is 3. The molecule has 2 aromatic rings. The fraction of sp³-hybridized carbons (Fsp3) is 0.556. The zero-order chi connectivity index (χ0) is 26.8. The van der Waals surface area contributed by atoms with E-state index in [2.05, 4.69) is 61.0 Å². The lowest BCUT2D eigenvalue weighted by molar-refractivity contribution is -0.131. The molecule has 1 saturated carbocycles. The number of hydrogen-bond donors (Lipinski definition) is 1. The molecule has 36 heavy (non-hydrogen) atoms. The molecule has 1 amide bonds. The minimum atomic E-state index is -0.411. The van der Waals surface area contributed by atoms with Gasteiger partial charge in [-0.25, -0.2) is 9.48 Å². The van der Waals surface area contributed by atoms with Crippen molar-refractivity contribution >= 4 is 33.5 Å². The lowest BCUT2D eigenvalue weighted by atomic mass is 9.58. The maximum absolute atomic E-state index is 13.0. The molecule has 1 aliphatic rings. The first-order valence-corrected chi connectivity index (χ1v) is 13.1. The highest BCUT2D eigenvalue weighted by atomic mass is 79.9. The highest BCUT2D eigenvalue weighted by Gasteiger charge is 2.43. The first-order chi connectivity index (χ1) is 16.9. The highest BCUT2D eigenvalue weighted by molar-refractivity contribution is 9.10. The largest absolute Gasteiger partial charge is 0.465 e. The number of halogens is 1. The summed E-state index contributed by atoms with van der Waals surface area (Å²) in [7, 11) is 3.00. The van der Waals surface area contributed by atoms with Crippen LogP contribution < -0.4 is 10.9 Å². The van der Waals surface area contributed by atoms with Crippen molar-refractivity contribution < 1.29 is 14.3 Å². The number of likely N-dealkylation sites (N-methyl/N-ethyl adjacent to an activating group) is 1. The summed E-state index contributed by atoms with van der Waals surface area (Å²) in [6.45, 7) is 11.7. The van der Waals surface area contributed by atoms with Crippen LogP contribution in [0.4, 0.5) is 5.69 Å². The van der Waals surface area contributed by atoms with E-state index in [1.807, 2.05) is 0 Å². The summed E-state index contributed by atoms with van der Waals surface area (Å²) in [5, 5.41) is 7.82. The Balaban J connectivity index is 1.66. The predicted octanol–water partition coefficient (Wildman–Crippen LogP) is 4.57. The number of aromatic nitrogens is 2. The van der Waals surface area contributed by atoms with Crippen molar-refractivity contribution in [3.8, 4) is 0 Å². The molecular formula is C27H37BrN4O4. The van der Waals surface area contributed by atoms with Crippen molar-refractivity contribution in [3.05, 3.63) is 56.4 Å². The standard InChI is InChI=1S/C27H37BrN4O4/c1-16-12-21(17(2)18(3)27(16,4)5)30-22-13-29-32(25(34)24(22)28)15-23(33)31(6)14-19-8-10-20(11-9-19)26(35)36-7/h8-11,13,16-18,21,30H,12,14-15H2,1-7H3/t16-,17+,18+,21+/m0/s1. The third kappa shape index (κ3) is 5.82. The monoisotopic (exact) mass is 560 g/mol. The Labute approximate surface area is 221 Å². The third-order valence-corrected chi connectivity index (χ3v) is 9.07. The molecule has 1 heterocycles. The number of nitrogens with one attached hydrogen (secondary N) is 1. The molecule has 0 aliphatic heterocycles. The van der Waals surface area contributed by atoms with Crippen LogP contribution in [0.1, 0.15) is 57.0 Å². The molecule has 1 aliphatic carbocycles. The van der Waals surface area contributed by atoms with Gasteiger partial charge in [0.25, 0.3) is 5.56 Å². The minimum absolute atomic E-state index is 0.170. The van der Waals surface area contributed by atoms with E-state index in [1.165, 1.54) is 16.7 Å². The van der Waals surface area contributed by atoms with Crippen molar-refractivity contribution in [2.75, 3.05) is 19.5 Å². The first-order valence-electron chi connectivity index (χ1n) is 12.3. The maximum Gasteiger partial charge on any atom is 0.337 e. The van der Waals surface area contributed by atoms with Gasteiger partial charge in [-0.1, -0.05) is 46.8 Å². The van der Waals surface area contributed by atoms with E-state index in [1.54, 1.807) is 37.5 Å². The predicted molar refractivity (Wildman–Crippen MR) is 144 cm³/mol. The van der Waals surface area contributed by atoms with E-state index in [9.17, 15) is 14.4 Å². The smallest absolute Gasteiger partial charge is 0.337 e. The van der Waals surface area contributed by atoms with E-state index < -0.39 is 5.97 Å². The SMILES string of the molecule is COC(=O)c1ccc(CN(C)C(=O)Cn2ncc(N[C@@H]3C[C@H](C)C(C)(C)[C@H](C)[C@H]3C)c(Br)c2=O)cc1. The quantitative estimate of drug-likeness (QED) is 0.498. The zero-order valence-corrected chi connectivity index (χ0v) is 23.8. The van der Waals surface area contributed by atoms with Gasteiger partial charge in [-0.2, -0.15) is 5.10 Å². The number of anilines is 1. The van der Waals surface area contributed by atoms with E-state index in [0.29, 0.717) is 40.0 Å². The van der Waals surface area contributed by atoms with Gasteiger partial charge >= 0.3 is 5.97 Å². The first kappa shape index (κ1) is 27.9. The van der Waals surface area contributed by atoms with Crippen molar-refractivity contribution in [2.45, 2.75) is 60.2 Å². The molecule has 0 saturated heterocycles. The Hall–Kier alpha value is -2.68. The van der Waals surface area contributed by atoms with Crippen LogP contribution in [0.15, 0.2) is 39.7 Å². The van der Waals surface area contributed by atoms with Gasteiger partial charge < -0.3 is 15.0 Å². The molecule has 0 unspecified atom stereocenters. The Morgan fingerprint density at radius 1 is 1.22 bits per heavy atom. The Bertz CT molecular complexity index is 1160. The van der Waals surface area contributed by atoms with Gasteiger partial charge in [0.15, 0.2) is 0 Å². The molecule has 1 aromatic carbocycles. The van der Waals surface area contributed by atoms with Crippen LogP contribution in [-0.2, 0) is 22.6 Å². The van der Waals surface area contributed by atoms with Crippen LogP contribution >= 0.6 is 15.9 Å². The number of esters is 1. The average Bonchev–Trinajstić information content (AvgIpc) is 2.85. The molecule has 8 nitrogen and oxygen atoms in total. The molecule has 0 radical (unpaired) electrons. The van der Waals surface area contributed by atoms with Gasteiger partial charge in [-0.3, -0.25) is 9.59 Å². The number of methoxy groups -OCH3 is 1. The fourth-order valence-corrected chi connectivity index (χ4v) is 5.34. The number of carbonyl (C=O) groups is 2. The zero-order valence-electron chi connectivity index (χ0n) is 22.2. The number of benzene rings is 1. The van der Waals surface area contributed by atoms with Crippen LogP contribution in [0.2, 0.25) is 0 Å². The number of carbonyl (C=O) groups excluding carboxylic acids is 2. The van der Waals surface area contributed by atoms with Gasteiger partial charge in [-0.05, 0) is 63.2 Å². The second-order valence-electron chi connectivity index (χ2n) is 10.6. The van der Waals surface area contributed by atoms with Crippen LogP contribution in [0.25, 0.3) is 0 Å². The van der Waals surface area contributed by atoms with E-state index in [4.69, 9.17) is 4.74 Å². The van der Waals surface area contributed by atoms with E-state index in [-0.39, 0.29) is 29.5 Å². The Morgan fingerprint density at radius 3 is 2.47 bits per heavy atom. The summed E-state index contributed by atoms with van der Waals surface area (Å²) >= 11 is 3.44. The summed E-state index contributed by atoms with van der Waals surface area (Å²) in [5.41, 5.74) is 1.85. The molecule has 3 rings (SSSR count). The second kappa shape index (κ2) is 11.2. The fourth-order valence-electron chi connectivity index (χ4n) is 4.92. The molecule has 4 atom stereocenters. The van der Waals surface area contributed by atoms with Gasteiger partial charge in [0, 0.05) is 19.6 Å². The maximum atomic E-state index is 13.0. The normalized spacial score (nSPS) is 23.1. The lowest BCUT2D eigenvalue weighted by Gasteiger charge is -2.50. The highest BCUT2D eigenvalue weighted by Crippen LogP contribution is 2.48. The summed E-state index contributed by atoms with van der Waals surface area (Å²) in [6, 6.07) is 7.09. The van der Waals surface area contributed by atoms with E-state index in [0.717, 1.165) is 12.0 Å². The van der Waals surface area contributed by atoms with Crippen LogP contribution in [0, 0.1) is 23.2 Å². The van der Waals surface area contributed by atoms with Crippen LogP contribution in [-0.4, -0.2) is 46.8 Å². The molecule has 196 valence electrons. The topological polar surface area (TPSA) is 93.5 Å². The molecule has 9 heteroatoms. The van der Waals surface area contributed by atoms with Crippen molar-refractivity contribution in [3.63, 3.8) is 0 Å². The van der Waals surface area contributed by atoms with Crippen molar-refractivity contribution in [1.82, 2.24) is 14.7 Å². The van der Waals surface area contributed by atoms with Crippen molar-refractivity contribution in [2.24, 2.45) is 23.2 Å². The van der Waals surface area contributed by atoms with Gasteiger partial charge in [0.1, 0.15) is 11.0 Å². The molecule has 1 N–H and O–H groups in total. The summed E-state index contributed by atoms with van der Waals surface area (Å²) in [5.74, 6) is 0.835. The number of rotatable bonds is 7. The lowest BCUT2D eigenvalue weighted by Crippen LogP contribution is -2.48. The van der Waals surface area contributed by atoms with E-state index >= 15 is 0 Å². The Kier molecular flexibility index (Phi) is 8.64. The average molecular weight is 562 g/mol. The van der Waals surface area contributed by atoms with Crippen LogP contribution in [0.3, 0.4) is 0 Å². The van der Waals surface area contributed by atoms with Crippen molar-refractivity contribution in [1.29, 1.82) is 0 Å². The van der Waals surface area contributed by atoms with Gasteiger partial charge in [-0.15, -0.1) is 0 Å². The number of hydrogen-bond acceptors (Lipinski definition) is 6.